The molecule has 0 aliphatic rings. The van der Waals surface area contributed by atoms with Crippen LogP contribution in [0.1, 0.15) is 54.4 Å². The summed E-state index contributed by atoms with van der Waals surface area (Å²) in [6.45, 7) is 17.0. The van der Waals surface area contributed by atoms with E-state index in [1.165, 1.54) is 0 Å². The summed E-state index contributed by atoms with van der Waals surface area (Å²) in [5.74, 6) is 0. The molecule has 0 aromatic heterocycles. The SMILES string of the molecule is C=CC(C)=NC(C)(CC)CC(C)(C)C. The minimum Gasteiger partial charge on any atom is -0.284 e. The number of hydrogen-bond donors (Lipinski definition) is 0. The molecule has 0 fully saturated rings. The Morgan fingerprint density at radius 1 is 1.29 bits per heavy atom. The van der Waals surface area contributed by atoms with Crippen LogP contribution in [0.2, 0.25) is 0 Å². The van der Waals surface area contributed by atoms with Crippen molar-refractivity contribution in [2.45, 2.75) is 59.9 Å². The Balaban J connectivity index is 4.73. The van der Waals surface area contributed by atoms with Gasteiger partial charge in [0, 0.05) is 5.71 Å². The fraction of sp³-hybridized carbons (Fsp3) is 0.769. The number of hydrogen-bond acceptors (Lipinski definition) is 1. The van der Waals surface area contributed by atoms with E-state index < -0.39 is 0 Å². The van der Waals surface area contributed by atoms with Crippen molar-refractivity contribution in [3.63, 3.8) is 0 Å². The summed E-state index contributed by atoms with van der Waals surface area (Å²) in [7, 11) is 0. The van der Waals surface area contributed by atoms with Crippen LogP contribution >= 0.6 is 0 Å². The predicted octanol–water partition coefficient (Wildman–Crippen LogP) is 4.24. The topological polar surface area (TPSA) is 12.4 Å². The van der Waals surface area contributed by atoms with E-state index >= 15 is 0 Å². The predicted molar refractivity (Wildman–Crippen MR) is 66.1 cm³/mol. The van der Waals surface area contributed by atoms with Crippen molar-refractivity contribution >= 4 is 5.71 Å². The smallest absolute Gasteiger partial charge is 0.0585 e. The van der Waals surface area contributed by atoms with Gasteiger partial charge in [-0.15, -0.1) is 0 Å². The fourth-order valence-corrected chi connectivity index (χ4v) is 1.86. The van der Waals surface area contributed by atoms with Gasteiger partial charge in [-0.25, -0.2) is 0 Å². The van der Waals surface area contributed by atoms with Crippen LogP contribution in [0.3, 0.4) is 0 Å². The van der Waals surface area contributed by atoms with Crippen LogP contribution in [-0.4, -0.2) is 11.3 Å². The summed E-state index contributed by atoms with van der Waals surface area (Å²) in [6.07, 6.45) is 4.02. The first-order valence-corrected chi connectivity index (χ1v) is 5.41. The normalized spacial score (nSPS) is 17.7. The zero-order chi connectivity index (χ0) is 11.4. The minimum absolute atomic E-state index is 0.0660. The average Bonchev–Trinajstić information content (AvgIpc) is 2.00. The van der Waals surface area contributed by atoms with Crippen LogP contribution in [-0.2, 0) is 0 Å². The molecule has 1 unspecified atom stereocenters. The van der Waals surface area contributed by atoms with E-state index in [-0.39, 0.29) is 5.54 Å². The summed E-state index contributed by atoms with van der Waals surface area (Å²) in [5, 5.41) is 0. The van der Waals surface area contributed by atoms with E-state index in [1.807, 2.05) is 13.0 Å². The molecule has 0 amide bonds. The molecule has 0 aromatic rings. The Hall–Kier alpha value is -0.590. The van der Waals surface area contributed by atoms with Gasteiger partial charge in [0.1, 0.15) is 0 Å². The maximum absolute atomic E-state index is 4.73. The van der Waals surface area contributed by atoms with Crippen LogP contribution in [0.15, 0.2) is 17.6 Å². The lowest BCUT2D eigenvalue weighted by Gasteiger charge is -2.32. The molecule has 0 N–H and O–H groups in total. The summed E-state index contributed by atoms with van der Waals surface area (Å²) < 4.78 is 0. The lowest BCUT2D eigenvalue weighted by Crippen LogP contribution is -2.28. The van der Waals surface area contributed by atoms with Crippen LogP contribution in [0.4, 0.5) is 0 Å². The molecular formula is C13H25N. The first-order chi connectivity index (χ1) is 6.22. The Morgan fingerprint density at radius 2 is 1.79 bits per heavy atom. The van der Waals surface area contributed by atoms with E-state index in [9.17, 15) is 0 Å². The molecule has 1 atom stereocenters. The van der Waals surface area contributed by atoms with Gasteiger partial charge in [0.2, 0.25) is 0 Å². The van der Waals surface area contributed by atoms with Gasteiger partial charge in [0.15, 0.2) is 0 Å². The Kier molecular flexibility index (Phi) is 4.57. The quantitative estimate of drug-likeness (QED) is 0.595. The maximum atomic E-state index is 4.73. The Bertz CT molecular complexity index is 220. The second-order valence-electron chi connectivity index (χ2n) is 5.55. The van der Waals surface area contributed by atoms with Crippen LogP contribution < -0.4 is 0 Å². The summed E-state index contributed by atoms with van der Waals surface area (Å²) in [6, 6.07) is 0. The first-order valence-electron chi connectivity index (χ1n) is 5.41. The van der Waals surface area contributed by atoms with E-state index in [2.05, 4.69) is 41.2 Å². The zero-order valence-corrected chi connectivity index (χ0v) is 10.6. The highest BCUT2D eigenvalue weighted by Gasteiger charge is 2.27. The molecule has 0 radical (unpaired) electrons. The standard InChI is InChI=1S/C13H25N/c1-8-11(3)14-13(7,9-2)10-12(4,5)6/h8H,1,9-10H2,2-7H3. The molecule has 1 heteroatoms. The molecule has 0 aliphatic heterocycles. The molecule has 0 spiro atoms. The van der Waals surface area contributed by atoms with Crippen molar-refractivity contribution in [1.82, 2.24) is 0 Å². The van der Waals surface area contributed by atoms with Gasteiger partial charge in [-0.05, 0) is 38.2 Å². The van der Waals surface area contributed by atoms with Crippen LogP contribution in [0.5, 0.6) is 0 Å². The Morgan fingerprint density at radius 3 is 2.07 bits per heavy atom. The third kappa shape index (κ3) is 5.21. The first kappa shape index (κ1) is 13.4. The van der Waals surface area contributed by atoms with Gasteiger partial charge in [-0.2, -0.15) is 0 Å². The van der Waals surface area contributed by atoms with Crippen molar-refractivity contribution in [2.75, 3.05) is 0 Å². The maximum Gasteiger partial charge on any atom is 0.0585 e. The fourth-order valence-electron chi connectivity index (χ4n) is 1.86. The Labute approximate surface area is 89.3 Å². The second-order valence-corrected chi connectivity index (χ2v) is 5.55. The third-order valence-electron chi connectivity index (χ3n) is 2.41. The van der Waals surface area contributed by atoms with Crippen molar-refractivity contribution in [3.05, 3.63) is 12.7 Å². The van der Waals surface area contributed by atoms with E-state index in [1.54, 1.807) is 0 Å². The molecule has 82 valence electrons. The molecule has 14 heavy (non-hydrogen) atoms. The summed E-state index contributed by atoms with van der Waals surface area (Å²) in [4.78, 5) is 4.73. The van der Waals surface area contributed by atoms with E-state index in [0.29, 0.717) is 5.41 Å². The largest absolute Gasteiger partial charge is 0.284 e. The second kappa shape index (κ2) is 4.77. The zero-order valence-electron chi connectivity index (χ0n) is 10.6. The van der Waals surface area contributed by atoms with Gasteiger partial charge in [-0.3, -0.25) is 4.99 Å². The average molecular weight is 195 g/mol. The van der Waals surface area contributed by atoms with Gasteiger partial charge < -0.3 is 0 Å². The van der Waals surface area contributed by atoms with Gasteiger partial charge in [-0.1, -0.05) is 34.3 Å². The van der Waals surface area contributed by atoms with Crippen LogP contribution in [0.25, 0.3) is 0 Å². The molecular weight excluding hydrogens is 170 g/mol. The van der Waals surface area contributed by atoms with Crippen molar-refractivity contribution in [3.8, 4) is 0 Å². The van der Waals surface area contributed by atoms with Crippen molar-refractivity contribution in [1.29, 1.82) is 0 Å². The minimum atomic E-state index is 0.0660. The summed E-state index contributed by atoms with van der Waals surface area (Å²) in [5.41, 5.74) is 1.44. The molecule has 0 heterocycles. The summed E-state index contributed by atoms with van der Waals surface area (Å²) >= 11 is 0. The number of aliphatic imine (C=N–C) groups is 1. The lowest BCUT2D eigenvalue weighted by atomic mass is 9.79. The van der Waals surface area contributed by atoms with E-state index in [4.69, 9.17) is 4.99 Å². The van der Waals surface area contributed by atoms with Crippen LogP contribution in [0, 0.1) is 5.41 Å². The van der Waals surface area contributed by atoms with Crippen molar-refractivity contribution < 1.29 is 0 Å². The van der Waals surface area contributed by atoms with Crippen molar-refractivity contribution in [2.24, 2.45) is 10.4 Å². The molecule has 0 aliphatic carbocycles. The molecule has 1 nitrogen and oxygen atoms in total. The molecule has 0 rings (SSSR count). The molecule has 0 saturated heterocycles. The van der Waals surface area contributed by atoms with Gasteiger partial charge in [0.05, 0.1) is 5.54 Å². The highest BCUT2D eigenvalue weighted by atomic mass is 14.9. The highest BCUT2D eigenvalue weighted by Crippen LogP contribution is 2.32. The number of rotatable bonds is 4. The monoisotopic (exact) mass is 195 g/mol. The molecule has 0 saturated carbocycles. The number of nitrogens with zero attached hydrogens (tertiary/aromatic N) is 1. The van der Waals surface area contributed by atoms with Gasteiger partial charge >= 0.3 is 0 Å². The van der Waals surface area contributed by atoms with E-state index in [0.717, 1.165) is 18.6 Å². The highest BCUT2D eigenvalue weighted by molar-refractivity contribution is 5.92. The molecule has 0 aromatic carbocycles. The third-order valence-corrected chi connectivity index (χ3v) is 2.41. The molecule has 0 bridgehead atoms. The number of allylic oxidation sites excluding steroid dienone is 1. The van der Waals surface area contributed by atoms with Gasteiger partial charge in [0.25, 0.3) is 0 Å². The lowest BCUT2D eigenvalue weighted by molar-refractivity contribution is 0.267.